The molecule has 2 fully saturated rings. The Kier molecular flexibility index (Phi) is 5.31. The van der Waals surface area contributed by atoms with Crippen LogP contribution in [0.2, 0.25) is 0 Å². The third-order valence-corrected chi connectivity index (χ3v) is 6.78. The maximum atomic E-state index is 9.42. The number of quaternary nitrogens is 2. The van der Waals surface area contributed by atoms with Crippen LogP contribution in [0.15, 0.2) is 0 Å². The Labute approximate surface area is 128 Å². The summed E-state index contributed by atoms with van der Waals surface area (Å²) in [6.07, 6.45) is 2.50. The van der Waals surface area contributed by atoms with Crippen molar-refractivity contribution in [1.82, 2.24) is 0 Å². The summed E-state index contributed by atoms with van der Waals surface area (Å²) in [6, 6.07) is 0.927. The second-order valence-corrected chi connectivity index (χ2v) is 7.69. The van der Waals surface area contributed by atoms with Crippen LogP contribution in [0.4, 0.5) is 0 Å². The van der Waals surface area contributed by atoms with Crippen LogP contribution < -0.4 is 10.2 Å². The highest BCUT2D eigenvalue weighted by atomic mass is 16.3. The van der Waals surface area contributed by atoms with Gasteiger partial charge in [-0.25, -0.2) is 0 Å². The molecule has 2 rings (SSSR count). The van der Waals surface area contributed by atoms with Crippen LogP contribution in [-0.2, 0) is 0 Å². The van der Waals surface area contributed by atoms with E-state index >= 15 is 0 Å². The van der Waals surface area contributed by atoms with Gasteiger partial charge in [0.05, 0.1) is 26.4 Å². The van der Waals surface area contributed by atoms with E-state index in [0.29, 0.717) is 31.1 Å². The molecule has 5 heteroatoms. The first-order chi connectivity index (χ1) is 9.94. The Balaban J connectivity index is 2.29. The third kappa shape index (κ3) is 2.63. The van der Waals surface area contributed by atoms with Crippen LogP contribution in [-0.4, -0.2) is 66.9 Å². The lowest BCUT2D eigenvalue weighted by atomic mass is 9.68. The number of hydrogen-bond acceptors (Lipinski definition) is 3. The minimum absolute atomic E-state index is 0.166. The SMILES string of the molecule is CC1(C)[C@@H]2CC[C@]1(C)[C@H]([NH+](CCO)CCO)[C@@H]2[NH2+]CCO. The van der Waals surface area contributed by atoms with Gasteiger partial charge in [-0.2, -0.15) is 0 Å². The van der Waals surface area contributed by atoms with Crippen molar-refractivity contribution in [3.05, 3.63) is 0 Å². The largest absolute Gasteiger partial charge is 0.391 e. The maximum Gasteiger partial charge on any atom is 0.146 e. The molecule has 0 saturated heterocycles. The molecule has 0 amide bonds. The van der Waals surface area contributed by atoms with Gasteiger partial charge in [0.15, 0.2) is 0 Å². The fraction of sp³-hybridized carbons (Fsp3) is 1.00. The predicted molar refractivity (Wildman–Crippen MR) is 80.9 cm³/mol. The highest BCUT2D eigenvalue weighted by Crippen LogP contribution is 2.63. The lowest BCUT2D eigenvalue weighted by Gasteiger charge is -2.42. The lowest BCUT2D eigenvalue weighted by Crippen LogP contribution is -3.22. The van der Waals surface area contributed by atoms with E-state index in [2.05, 4.69) is 26.1 Å². The van der Waals surface area contributed by atoms with E-state index in [-0.39, 0.29) is 30.7 Å². The molecular weight excluding hydrogens is 268 g/mol. The molecule has 0 unspecified atom stereocenters. The minimum atomic E-state index is 0.166. The van der Waals surface area contributed by atoms with Gasteiger partial charge in [0.2, 0.25) is 0 Å². The molecule has 4 atom stereocenters. The van der Waals surface area contributed by atoms with Crippen molar-refractivity contribution in [2.75, 3.05) is 39.5 Å². The van der Waals surface area contributed by atoms with E-state index in [1.54, 1.807) is 0 Å². The Hall–Kier alpha value is -0.200. The summed E-state index contributed by atoms with van der Waals surface area (Å²) in [7, 11) is 0. The number of nitrogens with two attached hydrogens (primary N) is 1. The second-order valence-electron chi connectivity index (χ2n) is 7.69. The van der Waals surface area contributed by atoms with E-state index in [1.165, 1.54) is 17.7 Å². The van der Waals surface area contributed by atoms with Gasteiger partial charge < -0.3 is 25.5 Å². The summed E-state index contributed by atoms with van der Waals surface area (Å²) < 4.78 is 0. The van der Waals surface area contributed by atoms with Crippen LogP contribution in [0, 0.1) is 16.7 Å². The molecule has 21 heavy (non-hydrogen) atoms. The van der Waals surface area contributed by atoms with E-state index in [1.807, 2.05) is 0 Å². The standard InChI is InChI=1S/C16H32N2O3/c1-15(2)12-4-5-16(15,3)14(13(12)17-6-9-19)18(7-10-20)8-11-21/h12-14,17,19-21H,4-11H2,1-3H3/p+2/t12-,13-,14-,16-/m1/s1. The van der Waals surface area contributed by atoms with Crippen LogP contribution in [0.25, 0.3) is 0 Å². The van der Waals surface area contributed by atoms with Crippen molar-refractivity contribution in [2.24, 2.45) is 16.7 Å². The molecule has 0 aromatic carbocycles. The monoisotopic (exact) mass is 302 g/mol. The zero-order valence-corrected chi connectivity index (χ0v) is 13.8. The number of aliphatic hydroxyl groups is 3. The summed E-state index contributed by atoms with van der Waals surface area (Å²) in [4.78, 5) is 1.33. The molecule has 0 aromatic rings. The van der Waals surface area contributed by atoms with E-state index in [4.69, 9.17) is 0 Å². The van der Waals surface area contributed by atoms with Crippen molar-refractivity contribution in [1.29, 1.82) is 0 Å². The van der Waals surface area contributed by atoms with Gasteiger partial charge in [0.25, 0.3) is 0 Å². The highest BCUT2D eigenvalue weighted by molar-refractivity contribution is 5.14. The number of aliphatic hydroxyl groups excluding tert-OH is 3. The van der Waals surface area contributed by atoms with E-state index < -0.39 is 0 Å². The van der Waals surface area contributed by atoms with Crippen molar-refractivity contribution in [3.63, 3.8) is 0 Å². The van der Waals surface area contributed by atoms with E-state index in [0.717, 1.165) is 6.54 Å². The average molecular weight is 302 g/mol. The molecule has 5 nitrogen and oxygen atoms in total. The number of hydrogen-bond donors (Lipinski definition) is 5. The van der Waals surface area contributed by atoms with E-state index in [9.17, 15) is 15.3 Å². The van der Waals surface area contributed by atoms with Gasteiger partial charge in [-0.15, -0.1) is 0 Å². The normalized spacial score (nSPS) is 37.6. The first-order valence-corrected chi connectivity index (χ1v) is 8.44. The van der Waals surface area contributed by atoms with Crippen molar-refractivity contribution >= 4 is 0 Å². The van der Waals surface area contributed by atoms with Gasteiger partial charge in [-0.1, -0.05) is 20.8 Å². The maximum absolute atomic E-state index is 9.42. The summed E-state index contributed by atoms with van der Waals surface area (Å²) in [5.41, 5.74) is 0.526. The first kappa shape index (κ1) is 17.2. The van der Waals surface area contributed by atoms with Gasteiger partial charge in [-0.05, 0) is 18.3 Å². The summed E-state index contributed by atoms with van der Waals surface area (Å²) in [5, 5.41) is 30.4. The quantitative estimate of drug-likeness (QED) is 0.347. The zero-order chi connectivity index (χ0) is 15.7. The molecule has 0 heterocycles. The van der Waals surface area contributed by atoms with Crippen LogP contribution >= 0.6 is 0 Å². The van der Waals surface area contributed by atoms with Gasteiger partial charge >= 0.3 is 0 Å². The summed E-state index contributed by atoms with van der Waals surface area (Å²) in [5.74, 6) is 0.659. The van der Waals surface area contributed by atoms with Crippen molar-refractivity contribution in [2.45, 2.75) is 45.7 Å². The predicted octanol–water partition coefficient (Wildman–Crippen LogP) is -2.40. The van der Waals surface area contributed by atoms with Gasteiger partial charge in [0.1, 0.15) is 25.2 Å². The Morgan fingerprint density at radius 2 is 1.67 bits per heavy atom. The van der Waals surface area contributed by atoms with Gasteiger partial charge in [-0.3, -0.25) is 0 Å². The minimum Gasteiger partial charge on any atom is -0.391 e. The van der Waals surface area contributed by atoms with Crippen LogP contribution in [0.1, 0.15) is 33.6 Å². The molecule has 6 N–H and O–H groups in total. The van der Waals surface area contributed by atoms with Crippen molar-refractivity contribution in [3.8, 4) is 0 Å². The molecule has 0 spiro atoms. The highest BCUT2D eigenvalue weighted by Gasteiger charge is 2.71. The fourth-order valence-electron chi connectivity index (χ4n) is 5.46. The van der Waals surface area contributed by atoms with Crippen LogP contribution in [0.3, 0.4) is 0 Å². The summed E-state index contributed by atoms with van der Waals surface area (Å²) in [6.45, 7) is 9.87. The molecule has 124 valence electrons. The lowest BCUT2D eigenvalue weighted by molar-refractivity contribution is -0.953. The smallest absolute Gasteiger partial charge is 0.146 e. The molecule has 0 aliphatic heterocycles. The van der Waals surface area contributed by atoms with Gasteiger partial charge in [0, 0.05) is 11.3 Å². The molecule has 0 aromatic heterocycles. The second kappa shape index (κ2) is 6.50. The molecule has 2 bridgehead atoms. The number of nitrogens with one attached hydrogen (secondary N) is 1. The molecular formula is C16H34N2O3+2. The molecule has 2 saturated carbocycles. The summed E-state index contributed by atoms with van der Waals surface area (Å²) >= 11 is 0. The molecule has 2 aliphatic carbocycles. The topological polar surface area (TPSA) is 81.7 Å². The fourth-order valence-corrected chi connectivity index (χ4v) is 5.46. The van der Waals surface area contributed by atoms with Crippen molar-refractivity contribution < 1.29 is 25.5 Å². The Morgan fingerprint density at radius 1 is 1.05 bits per heavy atom. The Morgan fingerprint density at radius 3 is 2.19 bits per heavy atom. The third-order valence-electron chi connectivity index (χ3n) is 6.78. The number of fused-ring (bicyclic) bond motifs is 2. The average Bonchev–Trinajstić information content (AvgIpc) is 2.75. The Bertz CT molecular complexity index is 344. The molecule has 2 aliphatic rings. The molecule has 0 radical (unpaired) electrons. The first-order valence-electron chi connectivity index (χ1n) is 8.44. The number of rotatable bonds is 8. The van der Waals surface area contributed by atoms with Crippen LogP contribution in [0.5, 0.6) is 0 Å². The zero-order valence-electron chi connectivity index (χ0n) is 13.8.